The molecule has 0 saturated carbocycles. The van der Waals surface area contributed by atoms with Gasteiger partial charge in [0.2, 0.25) is 5.91 Å². The molecule has 0 fully saturated rings. The highest BCUT2D eigenvalue weighted by Gasteiger charge is 2.10. The first-order valence-electron chi connectivity index (χ1n) is 4.46. The number of anilines is 1. The summed E-state index contributed by atoms with van der Waals surface area (Å²) in [5.74, 6) is -0.0669. The molecular formula is C11H14ClNO. The van der Waals surface area contributed by atoms with Crippen LogP contribution < -0.4 is 4.90 Å². The van der Waals surface area contributed by atoms with Crippen LogP contribution in [0.4, 0.5) is 5.69 Å². The van der Waals surface area contributed by atoms with Crippen LogP contribution in [0, 0.1) is 13.8 Å². The average molecular weight is 212 g/mol. The zero-order valence-electron chi connectivity index (χ0n) is 8.67. The van der Waals surface area contributed by atoms with Gasteiger partial charge in [0.1, 0.15) is 5.88 Å². The predicted octanol–water partition coefficient (Wildman–Crippen LogP) is 2.51. The molecule has 0 saturated heterocycles. The van der Waals surface area contributed by atoms with Crippen molar-refractivity contribution in [3.63, 3.8) is 0 Å². The third-order valence-corrected chi connectivity index (χ3v) is 2.43. The first kappa shape index (κ1) is 11.1. The molecule has 0 bridgehead atoms. The Morgan fingerprint density at radius 2 is 2.07 bits per heavy atom. The maximum absolute atomic E-state index is 11.3. The van der Waals surface area contributed by atoms with Gasteiger partial charge in [-0.05, 0) is 25.5 Å². The molecule has 0 aliphatic rings. The summed E-state index contributed by atoms with van der Waals surface area (Å²) in [6, 6.07) is 5.98. The summed E-state index contributed by atoms with van der Waals surface area (Å²) in [7, 11) is 1.74. The Labute approximate surface area is 89.5 Å². The Bertz CT molecular complexity index is 349. The number of alkyl halides is 1. The average Bonchev–Trinajstić information content (AvgIpc) is 2.15. The highest BCUT2D eigenvalue weighted by atomic mass is 35.5. The first-order chi connectivity index (χ1) is 6.56. The van der Waals surface area contributed by atoms with Gasteiger partial charge in [-0.1, -0.05) is 17.7 Å². The van der Waals surface area contributed by atoms with Crippen LogP contribution in [0.5, 0.6) is 0 Å². The van der Waals surface area contributed by atoms with Crippen LogP contribution in [0.15, 0.2) is 18.2 Å². The number of hydrogen-bond acceptors (Lipinski definition) is 1. The second kappa shape index (κ2) is 4.47. The van der Waals surface area contributed by atoms with Crippen molar-refractivity contribution in [1.29, 1.82) is 0 Å². The summed E-state index contributed by atoms with van der Waals surface area (Å²) in [5.41, 5.74) is 3.20. The topological polar surface area (TPSA) is 20.3 Å². The van der Waals surface area contributed by atoms with Crippen LogP contribution in [0.3, 0.4) is 0 Å². The van der Waals surface area contributed by atoms with Crippen molar-refractivity contribution in [3.8, 4) is 0 Å². The third-order valence-electron chi connectivity index (χ3n) is 2.20. The van der Waals surface area contributed by atoms with E-state index in [-0.39, 0.29) is 11.8 Å². The summed E-state index contributed by atoms with van der Waals surface area (Å²) in [5, 5.41) is 0. The van der Waals surface area contributed by atoms with E-state index in [2.05, 4.69) is 0 Å². The lowest BCUT2D eigenvalue weighted by Gasteiger charge is -2.18. The van der Waals surface area contributed by atoms with Crippen molar-refractivity contribution in [3.05, 3.63) is 29.3 Å². The first-order valence-corrected chi connectivity index (χ1v) is 4.99. The molecule has 76 valence electrons. The fourth-order valence-corrected chi connectivity index (χ4v) is 1.58. The Kier molecular flexibility index (Phi) is 3.53. The molecule has 1 rings (SSSR count). The number of carbonyl (C=O) groups excluding carboxylic acids is 1. The van der Waals surface area contributed by atoms with Gasteiger partial charge in [-0.15, -0.1) is 11.6 Å². The third kappa shape index (κ3) is 2.26. The Morgan fingerprint density at radius 3 is 2.57 bits per heavy atom. The zero-order valence-corrected chi connectivity index (χ0v) is 9.43. The Balaban J connectivity index is 3.01. The lowest BCUT2D eigenvalue weighted by molar-refractivity contribution is -0.116. The summed E-state index contributed by atoms with van der Waals surface area (Å²) in [6.07, 6.45) is 0. The van der Waals surface area contributed by atoms with Crippen molar-refractivity contribution in [2.45, 2.75) is 13.8 Å². The Hall–Kier alpha value is -1.02. The van der Waals surface area contributed by atoms with Gasteiger partial charge < -0.3 is 4.90 Å². The van der Waals surface area contributed by atoms with Crippen LogP contribution in [0.2, 0.25) is 0 Å². The minimum Gasteiger partial charge on any atom is -0.314 e. The van der Waals surface area contributed by atoms with Gasteiger partial charge >= 0.3 is 0 Å². The number of benzene rings is 1. The van der Waals surface area contributed by atoms with Crippen LogP contribution in [-0.4, -0.2) is 18.8 Å². The summed E-state index contributed by atoms with van der Waals surface area (Å²) in [4.78, 5) is 12.9. The normalized spacial score (nSPS) is 10.0. The van der Waals surface area contributed by atoms with Crippen LogP contribution in [0.25, 0.3) is 0 Å². The zero-order chi connectivity index (χ0) is 10.7. The molecule has 0 aromatic heterocycles. The maximum atomic E-state index is 11.3. The molecule has 0 N–H and O–H groups in total. The molecule has 1 aromatic carbocycles. The van der Waals surface area contributed by atoms with Gasteiger partial charge in [0.25, 0.3) is 0 Å². The van der Waals surface area contributed by atoms with Crippen molar-refractivity contribution >= 4 is 23.2 Å². The van der Waals surface area contributed by atoms with Crippen molar-refractivity contribution < 1.29 is 4.79 Å². The van der Waals surface area contributed by atoms with Crippen LogP contribution in [-0.2, 0) is 4.79 Å². The van der Waals surface area contributed by atoms with Crippen LogP contribution >= 0.6 is 11.6 Å². The van der Waals surface area contributed by atoms with Crippen LogP contribution in [0.1, 0.15) is 11.1 Å². The van der Waals surface area contributed by atoms with Gasteiger partial charge in [0.05, 0.1) is 0 Å². The SMILES string of the molecule is Cc1ccc(N(C)C(=O)CCl)c(C)c1. The molecule has 0 heterocycles. The molecule has 0 aliphatic carbocycles. The molecule has 14 heavy (non-hydrogen) atoms. The van der Waals surface area contributed by atoms with E-state index in [1.54, 1.807) is 11.9 Å². The second-order valence-corrected chi connectivity index (χ2v) is 3.64. The molecule has 3 heteroatoms. The number of carbonyl (C=O) groups is 1. The summed E-state index contributed by atoms with van der Waals surface area (Å²) < 4.78 is 0. The van der Waals surface area contributed by atoms with Gasteiger partial charge in [-0.3, -0.25) is 4.79 Å². The second-order valence-electron chi connectivity index (χ2n) is 3.38. The van der Waals surface area contributed by atoms with E-state index < -0.39 is 0 Å². The van der Waals surface area contributed by atoms with E-state index in [4.69, 9.17) is 11.6 Å². The molecule has 0 spiro atoms. The quantitative estimate of drug-likeness (QED) is 0.689. The Morgan fingerprint density at radius 1 is 1.43 bits per heavy atom. The maximum Gasteiger partial charge on any atom is 0.241 e. The molecule has 2 nitrogen and oxygen atoms in total. The summed E-state index contributed by atoms with van der Waals surface area (Å²) in [6.45, 7) is 4.01. The van der Waals surface area contributed by atoms with Gasteiger partial charge in [-0.2, -0.15) is 0 Å². The monoisotopic (exact) mass is 211 g/mol. The molecule has 0 atom stereocenters. The van der Waals surface area contributed by atoms with Gasteiger partial charge in [0, 0.05) is 12.7 Å². The standard InChI is InChI=1S/C11H14ClNO/c1-8-4-5-10(9(2)6-8)13(3)11(14)7-12/h4-6H,7H2,1-3H3. The molecule has 0 aliphatic heterocycles. The molecule has 1 aromatic rings. The number of halogens is 1. The molecular weight excluding hydrogens is 198 g/mol. The number of hydrogen-bond donors (Lipinski definition) is 0. The minimum absolute atomic E-state index is 0.0177. The van der Waals surface area contributed by atoms with E-state index in [1.807, 2.05) is 32.0 Å². The largest absolute Gasteiger partial charge is 0.314 e. The van der Waals surface area contributed by atoms with Gasteiger partial charge in [0.15, 0.2) is 0 Å². The van der Waals surface area contributed by atoms with E-state index in [9.17, 15) is 4.79 Å². The smallest absolute Gasteiger partial charge is 0.241 e. The highest BCUT2D eigenvalue weighted by Crippen LogP contribution is 2.19. The lowest BCUT2D eigenvalue weighted by Crippen LogP contribution is -2.27. The predicted molar refractivity (Wildman–Crippen MR) is 60.0 cm³/mol. The fourth-order valence-electron chi connectivity index (χ4n) is 1.41. The summed E-state index contributed by atoms with van der Waals surface area (Å²) >= 11 is 5.49. The van der Waals surface area contributed by atoms with Crippen molar-refractivity contribution in [2.24, 2.45) is 0 Å². The molecule has 0 unspecified atom stereocenters. The van der Waals surface area contributed by atoms with E-state index in [0.717, 1.165) is 11.3 Å². The highest BCUT2D eigenvalue weighted by molar-refractivity contribution is 6.29. The fraction of sp³-hybridized carbons (Fsp3) is 0.364. The lowest BCUT2D eigenvalue weighted by atomic mass is 10.1. The number of nitrogens with zero attached hydrogens (tertiary/aromatic N) is 1. The van der Waals surface area contributed by atoms with Crippen molar-refractivity contribution in [2.75, 3.05) is 17.8 Å². The number of rotatable bonds is 2. The van der Waals surface area contributed by atoms with E-state index in [0.29, 0.717) is 0 Å². The number of amides is 1. The molecule has 0 radical (unpaired) electrons. The van der Waals surface area contributed by atoms with E-state index in [1.165, 1.54) is 5.56 Å². The minimum atomic E-state index is -0.0846. The van der Waals surface area contributed by atoms with Crippen molar-refractivity contribution in [1.82, 2.24) is 0 Å². The van der Waals surface area contributed by atoms with Gasteiger partial charge in [-0.25, -0.2) is 0 Å². The molecule has 1 amide bonds. The van der Waals surface area contributed by atoms with E-state index >= 15 is 0 Å². The number of aryl methyl sites for hydroxylation is 2.